The number of halogens is 2. The van der Waals surface area contributed by atoms with E-state index in [-0.39, 0.29) is 45.9 Å². The smallest absolute Gasteiger partial charge is 1.00 e. The Morgan fingerprint density at radius 3 is 1.62 bits per heavy atom. The molecule has 0 nitrogen and oxygen atoms in total. The maximum atomic E-state index is 11.9. The van der Waals surface area contributed by atoms with Gasteiger partial charge >= 0.3 is 23.1 Å². The molecule has 0 fully saturated rings. The molecule has 0 atom stereocenters. The third kappa shape index (κ3) is 19.0. The average molecular weight is 257 g/mol. The van der Waals surface area contributed by atoms with Gasteiger partial charge in [-0.3, -0.25) is 0 Å². The predicted octanol–water partition coefficient (Wildman–Crippen LogP) is -0.0886. The van der Waals surface area contributed by atoms with Crippen LogP contribution in [-0.4, -0.2) is 23.1 Å². The van der Waals surface area contributed by atoms with Crippen LogP contribution in [0.1, 0.15) is 20.8 Å². The quantitative estimate of drug-likeness (QED) is 0.450. The maximum absolute atomic E-state index is 11.9. The molecule has 1 rings (SSSR count). The first-order chi connectivity index (χ1) is 5.13. The fourth-order valence-electron chi connectivity index (χ4n) is 0.367. The molecule has 0 saturated carbocycles. The number of hydrogen-bond donors (Lipinski definition) is 0. The van der Waals surface area contributed by atoms with Crippen LogP contribution in [0.25, 0.3) is 0 Å². The molecule has 0 spiro atoms. The molecular weight excluding hydrogens is 243 g/mol. The van der Waals surface area contributed by atoms with Crippen molar-refractivity contribution >= 4 is 23.1 Å². The van der Waals surface area contributed by atoms with Crippen LogP contribution in [0.2, 0.25) is 0 Å². The van der Waals surface area contributed by atoms with E-state index in [1.165, 1.54) is 24.3 Å². The zero-order valence-electron chi connectivity index (χ0n) is 8.35. The Kier molecular flexibility index (Phi) is 18.2. The molecule has 0 aliphatic carbocycles. The van der Waals surface area contributed by atoms with Gasteiger partial charge in [0.15, 0.2) is 0 Å². The van der Waals surface area contributed by atoms with Crippen LogP contribution in [0.15, 0.2) is 24.3 Å². The van der Waals surface area contributed by atoms with Crippen molar-refractivity contribution < 1.29 is 21.4 Å². The molecule has 0 heterocycles. The van der Waals surface area contributed by atoms with Crippen molar-refractivity contribution in [3.05, 3.63) is 36.1 Å². The molecule has 0 aromatic heterocycles. The summed E-state index contributed by atoms with van der Waals surface area (Å²) in [4.78, 5) is 0. The van der Waals surface area contributed by atoms with E-state index in [0.29, 0.717) is 0 Å². The molecule has 0 amide bonds. The minimum absolute atomic E-state index is 0. The topological polar surface area (TPSA) is 0 Å². The summed E-state index contributed by atoms with van der Waals surface area (Å²) < 4.78 is 11.9. The van der Waals surface area contributed by atoms with E-state index in [0.717, 1.165) is 5.92 Å². The summed E-state index contributed by atoms with van der Waals surface area (Å²) in [6.07, 6.45) is 0. The summed E-state index contributed by atoms with van der Waals surface area (Å²) in [5.41, 5.74) is 0. The second kappa shape index (κ2) is 12.4. The molecule has 0 saturated heterocycles. The summed E-state index contributed by atoms with van der Waals surface area (Å²) in [6.45, 7) is 6.50. The first kappa shape index (κ1) is 19.0. The third-order valence-corrected chi connectivity index (χ3v) is 0.678. The van der Waals surface area contributed by atoms with Crippen molar-refractivity contribution in [1.29, 1.82) is 0 Å². The first-order valence-corrected chi connectivity index (χ1v) is 3.74. The Bertz CT molecular complexity index is 175. The van der Waals surface area contributed by atoms with E-state index in [2.05, 4.69) is 26.8 Å². The molecule has 1 aromatic carbocycles. The fraction of sp³-hybridized carbons (Fsp3) is 0.400. The minimum Gasteiger partial charge on any atom is -1.00 e. The second-order valence-corrected chi connectivity index (χ2v) is 2.95. The SMILES string of the molecule is CC(C)C.Fc1cc[c-]cc1.[Br-].[Mg+2]. The molecule has 0 N–H and O–H groups in total. The van der Waals surface area contributed by atoms with Gasteiger partial charge in [-0.05, 0) is 5.92 Å². The third-order valence-electron chi connectivity index (χ3n) is 0.678. The van der Waals surface area contributed by atoms with Crippen molar-refractivity contribution in [2.45, 2.75) is 20.8 Å². The Hall–Kier alpha value is 0.396. The monoisotopic (exact) mass is 256 g/mol. The molecule has 0 radical (unpaired) electrons. The van der Waals surface area contributed by atoms with Crippen molar-refractivity contribution in [2.24, 2.45) is 5.92 Å². The van der Waals surface area contributed by atoms with Crippen molar-refractivity contribution in [3.8, 4) is 0 Å². The number of hydrogen-bond acceptors (Lipinski definition) is 0. The molecule has 1 aromatic rings. The molecule has 0 bridgehead atoms. The Morgan fingerprint density at radius 2 is 1.46 bits per heavy atom. The van der Waals surface area contributed by atoms with Crippen LogP contribution >= 0.6 is 0 Å². The van der Waals surface area contributed by atoms with Gasteiger partial charge in [-0.1, -0.05) is 20.8 Å². The molecule has 3 heteroatoms. The normalized spacial score (nSPS) is 7.46. The Balaban J connectivity index is -0.000000150. The molecular formula is C10H14BrFMg. The van der Waals surface area contributed by atoms with Crippen molar-refractivity contribution in [1.82, 2.24) is 0 Å². The molecule has 0 aliphatic heterocycles. The summed E-state index contributed by atoms with van der Waals surface area (Å²) in [5, 5.41) is 0. The Morgan fingerprint density at radius 1 is 1.15 bits per heavy atom. The summed E-state index contributed by atoms with van der Waals surface area (Å²) >= 11 is 0. The van der Waals surface area contributed by atoms with Gasteiger partial charge in [0.25, 0.3) is 0 Å². The molecule has 0 aliphatic rings. The zero-order valence-corrected chi connectivity index (χ0v) is 11.3. The molecule has 70 valence electrons. The number of rotatable bonds is 0. The van der Waals surface area contributed by atoms with E-state index < -0.39 is 0 Å². The summed E-state index contributed by atoms with van der Waals surface area (Å²) in [7, 11) is 0. The first-order valence-electron chi connectivity index (χ1n) is 3.74. The average Bonchev–Trinajstić information content (AvgIpc) is 1.87. The molecule has 13 heavy (non-hydrogen) atoms. The van der Waals surface area contributed by atoms with Crippen LogP contribution in [0.4, 0.5) is 4.39 Å². The van der Waals surface area contributed by atoms with Crippen LogP contribution in [0.3, 0.4) is 0 Å². The zero-order chi connectivity index (χ0) is 8.69. The summed E-state index contributed by atoms with van der Waals surface area (Å²) in [6, 6.07) is 8.49. The van der Waals surface area contributed by atoms with E-state index in [1.807, 2.05) is 0 Å². The van der Waals surface area contributed by atoms with Gasteiger partial charge in [0, 0.05) is 5.82 Å². The van der Waals surface area contributed by atoms with Gasteiger partial charge in [0.2, 0.25) is 0 Å². The van der Waals surface area contributed by atoms with Gasteiger partial charge in [0.1, 0.15) is 0 Å². The van der Waals surface area contributed by atoms with Crippen molar-refractivity contribution in [3.63, 3.8) is 0 Å². The summed E-state index contributed by atoms with van der Waals surface area (Å²) in [5.74, 6) is 0.624. The number of benzene rings is 1. The van der Waals surface area contributed by atoms with Crippen molar-refractivity contribution in [2.75, 3.05) is 0 Å². The Labute approximate surface area is 107 Å². The van der Waals surface area contributed by atoms with E-state index >= 15 is 0 Å². The fourth-order valence-corrected chi connectivity index (χ4v) is 0.367. The van der Waals surface area contributed by atoms with Crippen LogP contribution < -0.4 is 17.0 Å². The van der Waals surface area contributed by atoms with E-state index in [9.17, 15) is 4.39 Å². The largest absolute Gasteiger partial charge is 2.00 e. The van der Waals surface area contributed by atoms with Gasteiger partial charge < -0.3 is 17.0 Å². The van der Waals surface area contributed by atoms with Crippen LogP contribution in [0.5, 0.6) is 0 Å². The van der Waals surface area contributed by atoms with E-state index in [4.69, 9.17) is 0 Å². The second-order valence-electron chi connectivity index (χ2n) is 2.95. The van der Waals surface area contributed by atoms with Gasteiger partial charge in [0.05, 0.1) is 0 Å². The molecule has 0 unspecified atom stereocenters. The van der Waals surface area contributed by atoms with E-state index in [1.54, 1.807) is 0 Å². The van der Waals surface area contributed by atoms with Crippen LogP contribution in [-0.2, 0) is 0 Å². The van der Waals surface area contributed by atoms with Gasteiger partial charge in [-0.2, -0.15) is 18.2 Å². The van der Waals surface area contributed by atoms with Gasteiger partial charge in [-0.15, -0.1) is 12.1 Å². The van der Waals surface area contributed by atoms with Crippen LogP contribution in [0, 0.1) is 17.8 Å². The maximum Gasteiger partial charge on any atom is 2.00 e. The van der Waals surface area contributed by atoms with Gasteiger partial charge in [-0.25, -0.2) is 4.39 Å². The standard InChI is InChI=1S/C6H4F.C4H10.BrH.Mg/c7-6-4-2-1-3-5-6;1-4(2)3;;/h2-5H;4H,1-3H3;1H;/q-1;;;+2/p-1. The predicted molar refractivity (Wildman–Crippen MR) is 51.5 cm³/mol. The minimum atomic E-state index is -0.209.